The van der Waals surface area contributed by atoms with Crippen LogP contribution in [0.25, 0.3) is 38.2 Å². The second-order valence-corrected chi connectivity index (χ2v) is 10.4. The van der Waals surface area contributed by atoms with E-state index in [-0.39, 0.29) is 43.1 Å². The molecule has 42 heavy (non-hydrogen) atoms. The van der Waals surface area contributed by atoms with Crippen LogP contribution in [0.1, 0.15) is 31.3 Å². The number of nitrogens with zero attached hydrogens (tertiary/aromatic N) is 4. The molecule has 0 radical (unpaired) electrons. The van der Waals surface area contributed by atoms with Gasteiger partial charge in [0.15, 0.2) is 5.65 Å². The maximum atomic E-state index is 13.8. The number of thiophene rings is 1. The van der Waals surface area contributed by atoms with Crippen LogP contribution in [0.2, 0.25) is 0 Å². The van der Waals surface area contributed by atoms with E-state index >= 15 is 0 Å². The molecule has 6 rings (SSSR count). The lowest BCUT2D eigenvalue weighted by molar-refractivity contribution is -0.140. The number of primary amides is 1. The van der Waals surface area contributed by atoms with E-state index < -0.39 is 29.5 Å². The van der Waals surface area contributed by atoms with Crippen molar-refractivity contribution in [1.29, 1.82) is 0 Å². The van der Waals surface area contributed by atoms with E-state index in [1.54, 1.807) is 6.07 Å². The van der Waals surface area contributed by atoms with Crippen LogP contribution >= 0.6 is 11.3 Å². The minimum absolute atomic E-state index is 0.0222. The first-order valence-electron chi connectivity index (χ1n) is 12.3. The molecule has 210 valence electrons. The average molecular weight is 591 g/mol. The smallest absolute Gasteiger partial charge is 0.365 e. The van der Waals surface area contributed by atoms with Gasteiger partial charge in [-0.2, -0.15) is 18.3 Å². The van der Waals surface area contributed by atoms with Crippen LogP contribution in [0.4, 0.5) is 23.2 Å². The number of carbonyl (C=O) groups excluding carboxylic acids is 2. The number of aryl methyl sites for hydroxylation is 1. The fourth-order valence-electron chi connectivity index (χ4n) is 4.57. The summed E-state index contributed by atoms with van der Waals surface area (Å²) >= 11 is 0.607. The summed E-state index contributed by atoms with van der Waals surface area (Å²) < 4.78 is 56.4. The highest BCUT2D eigenvalue weighted by molar-refractivity contribution is 7.21. The van der Waals surface area contributed by atoms with E-state index in [0.717, 1.165) is 29.3 Å². The number of fused-ring (bicyclic) bond motifs is 2. The Morgan fingerprint density at radius 3 is 2.36 bits per heavy atom. The highest BCUT2D eigenvalue weighted by atomic mass is 32.1. The monoisotopic (exact) mass is 590 g/mol. The van der Waals surface area contributed by atoms with E-state index in [4.69, 9.17) is 5.73 Å². The molecular formula is C29H18F4N6O2S. The molecule has 2 aromatic carbocycles. The fourth-order valence-corrected chi connectivity index (χ4v) is 5.58. The first-order valence-corrected chi connectivity index (χ1v) is 13.1. The van der Waals surface area contributed by atoms with Gasteiger partial charge in [-0.05, 0) is 42.3 Å². The number of alkyl halides is 3. The van der Waals surface area contributed by atoms with Gasteiger partial charge < -0.3 is 11.1 Å². The number of nitrogens with two attached hydrogens (primary N) is 1. The number of pyridine rings is 1. The van der Waals surface area contributed by atoms with Gasteiger partial charge >= 0.3 is 6.18 Å². The molecule has 4 heterocycles. The molecule has 0 aliphatic carbocycles. The maximum Gasteiger partial charge on any atom is 0.433 e. The lowest BCUT2D eigenvalue weighted by Crippen LogP contribution is -2.17. The van der Waals surface area contributed by atoms with Gasteiger partial charge in [0.05, 0.1) is 17.6 Å². The lowest BCUT2D eigenvalue weighted by atomic mass is 10.0. The number of benzene rings is 2. The standard InChI is InChI=1S/C29H18F4N6O2S/c1-14-2-4-16(5-3-14)20-10-11-35-26-19(13-36-39(20)26)27(41)38-23-22-18(15-6-8-17(30)9-7-15)12-21(29(31,32)33)37-28(22)42-24(23)25(34)40/h2-13H,1H3,(H2,34,40)(H,38,41). The number of rotatable bonds is 5. The Labute approximate surface area is 238 Å². The van der Waals surface area contributed by atoms with Crippen molar-refractivity contribution in [3.63, 3.8) is 0 Å². The molecule has 0 atom stereocenters. The molecule has 0 saturated heterocycles. The van der Waals surface area contributed by atoms with Crippen molar-refractivity contribution in [3.05, 3.63) is 101 Å². The second-order valence-electron chi connectivity index (χ2n) is 9.35. The van der Waals surface area contributed by atoms with Crippen LogP contribution in [0, 0.1) is 12.7 Å². The van der Waals surface area contributed by atoms with Crippen molar-refractivity contribution in [1.82, 2.24) is 19.6 Å². The number of hydrogen-bond acceptors (Lipinski definition) is 6. The van der Waals surface area contributed by atoms with E-state index in [1.165, 1.54) is 29.0 Å². The molecule has 3 N–H and O–H groups in total. The number of hydrogen-bond donors (Lipinski definition) is 2. The fraction of sp³-hybridized carbons (Fsp3) is 0.0690. The predicted molar refractivity (Wildman–Crippen MR) is 150 cm³/mol. The molecular weight excluding hydrogens is 572 g/mol. The first-order chi connectivity index (χ1) is 20.0. The van der Waals surface area contributed by atoms with Crippen molar-refractivity contribution >= 4 is 44.7 Å². The molecule has 0 fully saturated rings. The number of nitrogens with one attached hydrogen (secondary N) is 1. The van der Waals surface area contributed by atoms with Crippen molar-refractivity contribution in [3.8, 4) is 22.4 Å². The van der Waals surface area contributed by atoms with Crippen LogP contribution < -0.4 is 11.1 Å². The average Bonchev–Trinajstić information content (AvgIpc) is 3.55. The zero-order valence-corrected chi connectivity index (χ0v) is 22.3. The van der Waals surface area contributed by atoms with Gasteiger partial charge in [-0.1, -0.05) is 42.0 Å². The van der Waals surface area contributed by atoms with Gasteiger partial charge in [0.1, 0.15) is 26.8 Å². The Morgan fingerprint density at radius 1 is 1.00 bits per heavy atom. The maximum absolute atomic E-state index is 13.8. The third-order valence-electron chi connectivity index (χ3n) is 6.56. The summed E-state index contributed by atoms with van der Waals surface area (Å²) in [6.45, 7) is 1.96. The third kappa shape index (κ3) is 4.73. The Bertz CT molecular complexity index is 2020. The lowest BCUT2D eigenvalue weighted by Gasteiger charge is -2.12. The van der Waals surface area contributed by atoms with Crippen LogP contribution in [0.15, 0.2) is 73.1 Å². The summed E-state index contributed by atoms with van der Waals surface area (Å²) in [5.74, 6) is -2.31. The molecule has 13 heteroatoms. The molecule has 6 aromatic rings. The van der Waals surface area contributed by atoms with Gasteiger partial charge in [0.2, 0.25) is 0 Å². The zero-order valence-electron chi connectivity index (χ0n) is 21.5. The summed E-state index contributed by atoms with van der Waals surface area (Å²) in [5, 5.41) is 7.02. The van der Waals surface area contributed by atoms with Crippen molar-refractivity contribution in [2.75, 3.05) is 5.32 Å². The highest BCUT2D eigenvalue weighted by Gasteiger charge is 2.35. The van der Waals surface area contributed by atoms with Gasteiger partial charge in [0, 0.05) is 17.1 Å². The number of amides is 2. The van der Waals surface area contributed by atoms with Gasteiger partial charge in [-0.15, -0.1) is 11.3 Å². The molecule has 0 unspecified atom stereocenters. The van der Waals surface area contributed by atoms with Crippen LogP contribution in [0.5, 0.6) is 0 Å². The first kappa shape index (κ1) is 27.0. The number of halogens is 4. The minimum Gasteiger partial charge on any atom is -0.365 e. The predicted octanol–water partition coefficient (Wildman–Crippen LogP) is 6.49. The normalized spacial score (nSPS) is 11.7. The number of aromatic nitrogens is 4. The van der Waals surface area contributed by atoms with E-state index in [2.05, 4.69) is 20.4 Å². The highest BCUT2D eigenvalue weighted by Crippen LogP contribution is 2.44. The van der Waals surface area contributed by atoms with Crippen LogP contribution in [0.3, 0.4) is 0 Å². The Hall–Kier alpha value is -5.17. The van der Waals surface area contributed by atoms with E-state index in [0.29, 0.717) is 17.0 Å². The Morgan fingerprint density at radius 2 is 1.69 bits per heavy atom. The SMILES string of the molecule is Cc1ccc(-c2ccnc3c(C(=O)Nc4c(C(N)=O)sc5nc(C(F)(F)F)cc(-c6ccc(F)cc6)c45)cnn23)cc1. The molecule has 8 nitrogen and oxygen atoms in total. The molecule has 0 spiro atoms. The summed E-state index contributed by atoms with van der Waals surface area (Å²) in [7, 11) is 0. The van der Waals surface area contributed by atoms with Crippen molar-refractivity contribution < 1.29 is 27.2 Å². The Kier molecular flexibility index (Phi) is 6.45. The second kappa shape index (κ2) is 10.0. The zero-order chi connectivity index (χ0) is 29.8. The third-order valence-corrected chi connectivity index (χ3v) is 7.66. The van der Waals surface area contributed by atoms with Gasteiger partial charge in [-0.25, -0.2) is 18.9 Å². The Balaban J connectivity index is 1.50. The largest absolute Gasteiger partial charge is 0.433 e. The summed E-state index contributed by atoms with van der Waals surface area (Å²) in [6.07, 6.45) is -2.00. The summed E-state index contributed by atoms with van der Waals surface area (Å²) in [4.78, 5) is 33.7. The molecule has 0 aliphatic rings. The summed E-state index contributed by atoms with van der Waals surface area (Å²) in [5.41, 5.74) is 7.24. The number of anilines is 1. The topological polar surface area (TPSA) is 115 Å². The number of carbonyl (C=O) groups is 2. The van der Waals surface area contributed by atoms with Crippen molar-refractivity contribution in [2.45, 2.75) is 13.1 Å². The minimum atomic E-state index is -4.82. The van der Waals surface area contributed by atoms with Crippen LogP contribution in [-0.2, 0) is 6.18 Å². The van der Waals surface area contributed by atoms with E-state index in [9.17, 15) is 27.2 Å². The van der Waals surface area contributed by atoms with Gasteiger partial charge in [-0.3, -0.25) is 9.59 Å². The molecule has 2 amide bonds. The molecule has 0 aliphatic heterocycles. The molecule has 0 saturated carbocycles. The molecule has 0 bridgehead atoms. The van der Waals surface area contributed by atoms with E-state index in [1.807, 2.05) is 31.2 Å². The molecule has 4 aromatic heterocycles. The van der Waals surface area contributed by atoms with Crippen LogP contribution in [-0.4, -0.2) is 31.4 Å². The quantitative estimate of drug-likeness (QED) is 0.223. The van der Waals surface area contributed by atoms with Gasteiger partial charge in [0.25, 0.3) is 11.8 Å². The summed E-state index contributed by atoms with van der Waals surface area (Å²) in [6, 6.07) is 15.0. The van der Waals surface area contributed by atoms with Crippen molar-refractivity contribution in [2.24, 2.45) is 5.73 Å².